The maximum Gasteiger partial charge on any atom is 0.0638 e. The van der Waals surface area contributed by atoms with Gasteiger partial charge in [-0.25, -0.2) is 0 Å². The Bertz CT molecular complexity index is 566. The number of rotatable bonds is 3. The zero-order valence-electron chi connectivity index (χ0n) is 9.87. The summed E-state index contributed by atoms with van der Waals surface area (Å²) in [7, 11) is 0. The smallest absolute Gasteiger partial charge is 0.0638 e. The van der Waals surface area contributed by atoms with E-state index in [1.54, 1.807) is 0 Å². The number of fused-ring (bicyclic) bond motifs is 3. The molecule has 2 heterocycles. The molecule has 1 aliphatic rings. The Balaban J connectivity index is 2.07. The minimum atomic E-state index is 0.731. The Kier molecular flexibility index (Phi) is 2.69. The molecule has 2 aromatic rings. The molecule has 0 bridgehead atoms. The number of nitrogens with two attached hydrogens (primary N) is 1. The van der Waals surface area contributed by atoms with E-state index >= 15 is 0 Å². The lowest BCUT2D eigenvalue weighted by molar-refractivity contribution is 0.853. The third kappa shape index (κ3) is 1.76. The van der Waals surface area contributed by atoms with E-state index in [0.717, 1.165) is 32.4 Å². The first-order chi connectivity index (χ1) is 8.40. The van der Waals surface area contributed by atoms with Gasteiger partial charge in [0.25, 0.3) is 0 Å². The summed E-state index contributed by atoms with van der Waals surface area (Å²) in [5.41, 5.74) is 10.7. The molecule has 17 heavy (non-hydrogen) atoms. The molecule has 0 fully saturated rings. The molecule has 3 heteroatoms. The zero-order chi connectivity index (χ0) is 11.7. The van der Waals surface area contributed by atoms with Crippen LogP contribution < -0.4 is 5.73 Å². The molecule has 0 aliphatic carbocycles. The van der Waals surface area contributed by atoms with Crippen LogP contribution in [0.25, 0.3) is 10.9 Å². The van der Waals surface area contributed by atoms with Crippen molar-refractivity contribution in [2.24, 2.45) is 10.7 Å². The quantitative estimate of drug-likeness (QED) is 0.830. The standard InChI is InChI=1S/C14H17N3/c15-8-3-6-13-14-11(7-9-16-13)10-4-1-2-5-12(10)17-14/h1-2,4-5,17H,3,6-9,15H2. The molecule has 88 valence electrons. The fourth-order valence-corrected chi connectivity index (χ4v) is 2.56. The van der Waals surface area contributed by atoms with Crippen molar-refractivity contribution < 1.29 is 0 Å². The zero-order valence-corrected chi connectivity index (χ0v) is 9.87. The van der Waals surface area contributed by atoms with Crippen LogP contribution in [0.5, 0.6) is 0 Å². The summed E-state index contributed by atoms with van der Waals surface area (Å²) in [6.07, 6.45) is 3.04. The highest BCUT2D eigenvalue weighted by atomic mass is 14.8. The maximum atomic E-state index is 5.58. The van der Waals surface area contributed by atoms with Crippen molar-refractivity contribution in [3.8, 4) is 0 Å². The summed E-state index contributed by atoms with van der Waals surface area (Å²) in [4.78, 5) is 8.14. The number of benzene rings is 1. The monoisotopic (exact) mass is 227 g/mol. The summed E-state index contributed by atoms with van der Waals surface area (Å²) < 4.78 is 0. The second-order valence-electron chi connectivity index (χ2n) is 4.49. The number of nitrogens with zero attached hydrogens (tertiary/aromatic N) is 1. The Hall–Kier alpha value is -1.61. The largest absolute Gasteiger partial charge is 0.353 e. The summed E-state index contributed by atoms with van der Waals surface area (Å²) in [6, 6.07) is 8.49. The van der Waals surface area contributed by atoms with E-state index < -0.39 is 0 Å². The first-order valence-corrected chi connectivity index (χ1v) is 6.23. The highest BCUT2D eigenvalue weighted by Gasteiger charge is 2.18. The van der Waals surface area contributed by atoms with E-state index in [1.165, 1.54) is 27.9 Å². The molecule has 0 saturated heterocycles. The second-order valence-corrected chi connectivity index (χ2v) is 4.49. The van der Waals surface area contributed by atoms with Crippen LogP contribution in [0.3, 0.4) is 0 Å². The highest BCUT2D eigenvalue weighted by Crippen LogP contribution is 2.26. The van der Waals surface area contributed by atoms with Gasteiger partial charge in [-0.1, -0.05) is 18.2 Å². The fourth-order valence-electron chi connectivity index (χ4n) is 2.56. The molecule has 1 aliphatic heterocycles. The predicted octanol–water partition coefficient (Wildman–Crippen LogP) is 2.25. The van der Waals surface area contributed by atoms with Crippen molar-refractivity contribution >= 4 is 16.6 Å². The molecule has 0 spiro atoms. The van der Waals surface area contributed by atoms with Crippen LogP contribution in [-0.4, -0.2) is 23.8 Å². The van der Waals surface area contributed by atoms with E-state index in [0.29, 0.717) is 0 Å². The molecule has 3 rings (SSSR count). The normalized spacial score (nSPS) is 14.8. The lowest BCUT2D eigenvalue weighted by Gasteiger charge is -2.12. The van der Waals surface area contributed by atoms with Gasteiger partial charge in [-0.2, -0.15) is 0 Å². The van der Waals surface area contributed by atoms with Crippen molar-refractivity contribution in [1.29, 1.82) is 0 Å². The van der Waals surface area contributed by atoms with Gasteiger partial charge < -0.3 is 10.7 Å². The molecular formula is C14H17N3. The molecule has 3 N–H and O–H groups in total. The minimum Gasteiger partial charge on any atom is -0.353 e. The molecule has 1 aromatic heterocycles. The second kappa shape index (κ2) is 4.34. The molecule has 0 atom stereocenters. The van der Waals surface area contributed by atoms with Crippen LogP contribution >= 0.6 is 0 Å². The van der Waals surface area contributed by atoms with Crippen LogP contribution in [0.2, 0.25) is 0 Å². The highest BCUT2D eigenvalue weighted by molar-refractivity contribution is 6.06. The van der Waals surface area contributed by atoms with Gasteiger partial charge in [0.1, 0.15) is 0 Å². The van der Waals surface area contributed by atoms with Gasteiger partial charge in [0.2, 0.25) is 0 Å². The van der Waals surface area contributed by atoms with E-state index in [4.69, 9.17) is 5.73 Å². The van der Waals surface area contributed by atoms with E-state index in [2.05, 4.69) is 34.2 Å². The van der Waals surface area contributed by atoms with E-state index in [1.807, 2.05) is 0 Å². The number of hydrogen-bond donors (Lipinski definition) is 2. The Morgan fingerprint density at radius 3 is 3.06 bits per heavy atom. The van der Waals surface area contributed by atoms with Gasteiger partial charge >= 0.3 is 0 Å². The Morgan fingerprint density at radius 2 is 2.18 bits per heavy atom. The number of nitrogens with one attached hydrogen (secondary N) is 1. The van der Waals surface area contributed by atoms with Crippen molar-refractivity contribution in [2.75, 3.05) is 13.1 Å². The molecular weight excluding hydrogens is 210 g/mol. The van der Waals surface area contributed by atoms with Gasteiger partial charge in [0.05, 0.1) is 11.4 Å². The van der Waals surface area contributed by atoms with Gasteiger partial charge in [-0.05, 0) is 37.4 Å². The molecule has 0 unspecified atom stereocenters. The van der Waals surface area contributed by atoms with Gasteiger partial charge in [-0.3, -0.25) is 4.99 Å². The third-order valence-electron chi connectivity index (χ3n) is 3.38. The predicted molar refractivity (Wildman–Crippen MR) is 71.7 cm³/mol. The van der Waals surface area contributed by atoms with Crippen molar-refractivity contribution in [3.63, 3.8) is 0 Å². The van der Waals surface area contributed by atoms with Crippen LogP contribution in [0, 0.1) is 0 Å². The molecule has 1 aromatic carbocycles. The fraction of sp³-hybridized carbons (Fsp3) is 0.357. The van der Waals surface area contributed by atoms with Gasteiger partial charge in [-0.15, -0.1) is 0 Å². The molecule has 0 radical (unpaired) electrons. The average Bonchev–Trinajstić information content (AvgIpc) is 2.75. The van der Waals surface area contributed by atoms with Crippen molar-refractivity contribution in [1.82, 2.24) is 4.98 Å². The third-order valence-corrected chi connectivity index (χ3v) is 3.38. The minimum absolute atomic E-state index is 0.731. The number of aromatic nitrogens is 1. The molecule has 0 amide bonds. The molecule has 3 nitrogen and oxygen atoms in total. The van der Waals surface area contributed by atoms with Crippen LogP contribution in [0.15, 0.2) is 29.3 Å². The SMILES string of the molecule is NCCCC1=NCCc2c1[nH]c1ccccc21. The van der Waals surface area contributed by atoms with Crippen LogP contribution in [0.1, 0.15) is 24.1 Å². The van der Waals surface area contributed by atoms with Crippen molar-refractivity contribution in [3.05, 3.63) is 35.5 Å². The Morgan fingerprint density at radius 1 is 1.29 bits per heavy atom. The first-order valence-electron chi connectivity index (χ1n) is 6.23. The number of para-hydroxylation sites is 1. The van der Waals surface area contributed by atoms with Gasteiger partial charge in [0.15, 0.2) is 0 Å². The average molecular weight is 227 g/mol. The summed E-state index contributed by atoms with van der Waals surface area (Å²) in [5.74, 6) is 0. The number of H-pyrrole nitrogens is 1. The first kappa shape index (κ1) is 10.5. The number of hydrogen-bond acceptors (Lipinski definition) is 2. The topological polar surface area (TPSA) is 54.2 Å². The van der Waals surface area contributed by atoms with Crippen molar-refractivity contribution in [2.45, 2.75) is 19.3 Å². The summed E-state index contributed by atoms with van der Waals surface area (Å²) >= 11 is 0. The molecule has 0 saturated carbocycles. The van der Waals surface area contributed by atoms with Crippen LogP contribution in [-0.2, 0) is 6.42 Å². The number of aliphatic imine (C=N–C) groups is 1. The Labute approximate surface area is 101 Å². The lowest BCUT2D eigenvalue weighted by atomic mass is 10.00. The van der Waals surface area contributed by atoms with E-state index in [9.17, 15) is 0 Å². The van der Waals surface area contributed by atoms with Crippen LogP contribution in [0.4, 0.5) is 0 Å². The maximum absolute atomic E-state index is 5.58. The number of aromatic amines is 1. The summed E-state index contributed by atoms with van der Waals surface area (Å²) in [6.45, 7) is 1.64. The lowest BCUT2D eigenvalue weighted by Crippen LogP contribution is -2.14. The summed E-state index contributed by atoms with van der Waals surface area (Å²) in [5, 5.41) is 1.35. The van der Waals surface area contributed by atoms with E-state index in [-0.39, 0.29) is 0 Å². The van der Waals surface area contributed by atoms with Gasteiger partial charge in [0, 0.05) is 17.4 Å².